The van der Waals surface area contributed by atoms with Crippen molar-refractivity contribution in [2.45, 2.75) is 19.4 Å². The SMILES string of the molecule is C=S1(=O)CCN(c2ccc(-c3cc(OCC(C)(C)N)cn4ncc(C#N)c34)cn2)CC1. The van der Waals surface area contributed by atoms with Crippen LogP contribution in [0.25, 0.3) is 16.6 Å². The highest BCUT2D eigenvalue weighted by molar-refractivity contribution is 8.00. The number of fused-ring (bicyclic) bond motifs is 1. The lowest BCUT2D eigenvalue weighted by Crippen LogP contribution is -2.40. The molecular weight excluding hydrogens is 412 g/mol. The van der Waals surface area contributed by atoms with E-state index in [0.717, 1.165) is 16.9 Å². The van der Waals surface area contributed by atoms with E-state index < -0.39 is 15.1 Å². The van der Waals surface area contributed by atoms with Crippen molar-refractivity contribution in [3.05, 3.63) is 42.4 Å². The maximum atomic E-state index is 12.1. The molecule has 0 atom stereocenters. The standard InChI is InChI=1S/C22H26N6O2S/c1-22(2,24)15-30-18-10-19(21-17(11-23)13-26-28(21)14-18)16-4-5-20(25-12-16)27-6-8-31(3,29)9-7-27/h4-5,10,12-14H,3,6-9,15,24H2,1-2H3. The fourth-order valence-electron chi connectivity index (χ4n) is 3.48. The highest BCUT2D eigenvalue weighted by Gasteiger charge is 2.20. The summed E-state index contributed by atoms with van der Waals surface area (Å²) in [7, 11) is -1.95. The highest BCUT2D eigenvalue weighted by atomic mass is 32.2. The first kappa shape index (κ1) is 21.2. The molecule has 2 N–H and O–H groups in total. The van der Waals surface area contributed by atoms with Crippen LogP contribution in [0, 0.1) is 11.3 Å². The lowest BCUT2D eigenvalue weighted by molar-refractivity contribution is 0.242. The first-order chi connectivity index (χ1) is 14.6. The second-order valence-electron chi connectivity index (χ2n) is 8.60. The summed E-state index contributed by atoms with van der Waals surface area (Å²) in [6.45, 7) is 5.48. The molecule has 4 heterocycles. The third-order valence-electron chi connectivity index (χ3n) is 5.17. The Balaban J connectivity index is 1.69. The summed E-state index contributed by atoms with van der Waals surface area (Å²) in [6.07, 6.45) is 5.07. The minimum atomic E-state index is -1.95. The molecule has 0 unspecified atom stereocenters. The van der Waals surface area contributed by atoms with Crippen LogP contribution < -0.4 is 15.4 Å². The van der Waals surface area contributed by atoms with E-state index in [1.54, 1.807) is 23.1 Å². The highest BCUT2D eigenvalue weighted by Crippen LogP contribution is 2.31. The first-order valence-electron chi connectivity index (χ1n) is 10.0. The van der Waals surface area contributed by atoms with Gasteiger partial charge < -0.3 is 15.4 Å². The van der Waals surface area contributed by atoms with Gasteiger partial charge in [-0.2, -0.15) is 10.4 Å². The van der Waals surface area contributed by atoms with Crippen molar-refractivity contribution in [3.63, 3.8) is 0 Å². The van der Waals surface area contributed by atoms with E-state index in [2.05, 4.69) is 26.9 Å². The molecule has 3 aromatic rings. The summed E-state index contributed by atoms with van der Waals surface area (Å²) in [6, 6.07) is 8.00. The van der Waals surface area contributed by atoms with Gasteiger partial charge in [0.05, 0.1) is 23.5 Å². The summed E-state index contributed by atoms with van der Waals surface area (Å²) < 4.78 is 19.7. The summed E-state index contributed by atoms with van der Waals surface area (Å²) in [5.41, 5.74) is 8.40. The van der Waals surface area contributed by atoms with Crippen LogP contribution in [-0.2, 0) is 9.52 Å². The molecule has 0 bridgehead atoms. The molecule has 4 rings (SSSR count). The summed E-state index contributed by atoms with van der Waals surface area (Å²) in [4.78, 5) is 6.75. The van der Waals surface area contributed by atoms with Gasteiger partial charge in [0.15, 0.2) is 0 Å². The molecule has 0 spiro atoms. The Morgan fingerprint density at radius 1 is 1.32 bits per heavy atom. The largest absolute Gasteiger partial charge is 0.490 e. The molecule has 8 nitrogen and oxygen atoms in total. The maximum Gasteiger partial charge on any atom is 0.138 e. The monoisotopic (exact) mass is 438 g/mol. The Kier molecular flexibility index (Phi) is 5.37. The van der Waals surface area contributed by atoms with Crippen molar-refractivity contribution in [2.24, 2.45) is 5.73 Å². The minimum Gasteiger partial charge on any atom is -0.490 e. The van der Waals surface area contributed by atoms with Crippen LogP contribution in [0.4, 0.5) is 5.82 Å². The van der Waals surface area contributed by atoms with Crippen molar-refractivity contribution in [1.29, 1.82) is 5.26 Å². The molecule has 0 radical (unpaired) electrons. The number of nitrogens with two attached hydrogens (primary N) is 1. The first-order valence-corrected chi connectivity index (χ1v) is 12.1. The molecular formula is C22H26N6O2S. The molecule has 162 valence electrons. The minimum absolute atomic E-state index is 0.339. The maximum absolute atomic E-state index is 12.1. The molecule has 1 aliphatic heterocycles. The Bertz CT molecular complexity index is 1240. The Morgan fingerprint density at radius 2 is 2.06 bits per heavy atom. The average Bonchev–Trinajstić information content (AvgIpc) is 3.14. The van der Waals surface area contributed by atoms with Gasteiger partial charge in [-0.1, -0.05) is 0 Å². The van der Waals surface area contributed by atoms with E-state index in [-0.39, 0.29) is 0 Å². The topological polar surface area (TPSA) is 110 Å². The second-order valence-corrected chi connectivity index (χ2v) is 11.3. The second kappa shape index (κ2) is 7.87. The van der Waals surface area contributed by atoms with Gasteiger partial charge in [0.25, 0.3) is 0 Å². The molecule has 1 saturated heterocycles. The zero-order valence-corrected chi connectivity index (χ0v) is 18.6. The van der Waals surface area contributed by atoms with Gasteiger partial charge in [-0.05, 0) is 47.4 Å². The van der Waals surface area contributed by atoms with Gasteiger partial charge in [-0.3, -0.25) is 4.21 Å². The smallest absolute Gasteiger partial charge is 0.138 e. The number of nitriles is 1. The van der Waals surface area contributed by atoms with E-state index in [9.17, 15) is 9.47 Å². The number of rotatable bonds is 5. The molecule has 0 aliphatic carbocycles. The number of pyridine rings is 2. The van der Waals surface area contributed by atoms with Crippen LogP contribution in [0.5, 0.6) is 5.75 Å². The number of hydrogen-bond acceptors (Lipinski definition) is 7. The zero-order valence-electron chi connectivity index (χ0n) is 17.7. The third kappa shape index (κ3) is 4.65. The molecule has 1 aliphatic rings. The van der Waals surface area contributed by atoms with Crippen LogP contribution in [0.2, 0.25) is 0 Å². The van der Waals surface area contributed by atoms with E-state index in [0.29, 0.717) is 48.0 Å². The van der Waals surface area contributed by atoms with Crippen LogP contribution in [-0.4, -0.2) is 61.4 Å². The van der Waals surface area contributed by atoms with Crippen molar-refractivity contribution in [3.8, 4) is 22.9 Å². The van der Waals surface area contributed by atoms with Gasteiger partial charge >= 0.3 is 0 Å². The number of aromatic nitrogens is 3. The van der Waals surface area contributed by atoms with E-state index in [1.165, 1.54) is 0 Å². The molecule has 0 amide bonds. The van der Waals surface area contributed by atoms with Crippen LogP contribution in [0.1, 0.15) is 19.4 Å². The molecule has 0 saturated carbocycles. The Labute approximate surface area is 182 Å². The van der Waals surface area contributed by atoms with Gasteiger partial charge in [0, 0.05) is 47.5 Å². The van der Waals surface area contributed by atoms with E-state index in [1.807, 2.05) is 32.0 Å². The summed E-state index contributed by atoms with van der Waals surface area (Å²) in [5.74, 6) is 6.42. The summed E-state index contributed by atoms with van der Waals surface area (Å²) >= 11 is 0. The number of anilines is 1. The van der Waals surface area contributed by atoms with E-state index >= 15 is 0 Å². The normalized spacial score (nSPS) is 16.3. The van der Waals surface area contributed by atoms with Crippen molar-refractivity contribution >= 4 is 26.7 Å². The van der Waals surface area contributed by atoms with Gasteiger partial charge in [-0.25, -0.2) is 9.50 Å². The fourth-order valence-corrected chi connectivity index (χ4v) is 4.79. The summed E-state index contributed by atoms with van der Waals surface area (Å²) in [5, 5.41) is 13.8. The molecule has 3 aromatic heterocycles. The number of hydrogen-bond donors (Lipinski definition) is 1. The van der Waals surface area contributed by atoms with E-state index in [4.69, 9.17) is 10.5 Å². The lowest BCUT2D eigenvalue weighted by atomic mass is 10.1. The Morgan fingerprint density at radius 3 is 2.68 bits per heavy atom. The van der Waals surface area contributed by atoms with Gasteiger partial charge in [0.2, 0.25) is 0 Å². The van der Waals surface area contributed by atoms with Crippen molar-refractivity contribution in [1.82, 2.24) is 14.6 Å². The predicted octanol–water partition coefficient (Wildman–Crippen LogP) is 1.92. The predicted molar refractivity (Wildman–Crippen MR) is 124 cm³/mol. The van der Waals surface area contributed by atoms with Crippen molar-refractivity contribution < 1.29 is 8.95 Å². The quantitative estimate of drug-likeness (QED) is 0.606. The molecule has 0 aromatic carbocycles. The fraction of sp³-hybridized carbons (Fsp3) is 0.364. The Hall–Kier alpha value is -3.09. The zero-order chi connectivity index (χ0) is 22.2. The van der Waals surface area contributed by atoms with Gasteiger partial charge in [-0.15, -0.1) is 0 Å². The lowest BCUT2D eigenvalue weighted by Gasteiger charge is -2.29. The number of nitrogens with zero attached hydrogens (tertiary/aromatic N) is 5. The van der Waals surface area contributed by atoms with Crippen LogP contribution in [0.15, 0.2) is 36.8 Å². The van der Waals surface area contributed by atoms with Crippen LogP contribution >= 0.6 is 0 Å². The molecule has 31 heavy (non-hydrogen) atoms. The van der Waals surface area contributed by atoms with Gasteiger partial charge in [0.1, 0.15) is 24.2 Å². The number of ether oxygens (including phenoxy) is 1. The average molecular weight is 439 g/mol. The molecule has 1 fully saturated rings. The van der Waals surface area contributed by atoms with Crippen molar-refractivity contribution in [2.75, 3.05) is 36.1 Å². The third-order valence-corrected chi connectivity index (χ3v) is 7.02. The van der Waals surface area contributed by atoms with Crippen LogP contribution in [0.3, 0.4) is 0 Å². The molecule has 9 heteroatoms.